The molecule has 12 nitrogen and oxygen atoms in total. The van der Waals surface area contributed by atoms with E-state index in [9.17, 15) is 19.2 Å². The van der Waals surface area contributed by atoms with E-state index in [-0.39, 0.29) is 30.3 Å². The van der Waals surface area contributed by atoms with Crippen molar-refractivity contribution in [1.29, 1.82) is 0 Å². The normalized spacial score (nSPS) is 18.9. The number of likely N-dealkylation sites (tertiary alicyclic amines) is 1. The number of anilines is 3. The third kappa shape index (κ3) is 5.05. The Morgan fingerprint density at radius 1 is 0.978 bits per heavy atom. The molecule has 0 spiro atoms. The molecule has 3 N–H and O–H groups in total. The van der Waals surface area contributed by atoms with Crippen molar-refractivity contribution in [3.63, 3.8) is 0 Å². The Labute approximate surface area is 259 Å². The summed E-state index contributed by atoms with van der Waals surface area (Å²) in [7, 11) is 0. The summed E-state index contributed by atoms with van der Waals surface area (Å²) in [4.78, 5) is 61.4. The lowest BCUT2D eigenvalue weighted by atomic mass is 9.95. The summed E-state index contributed by atoms with van der Waals surface area (Å²) in [6.45, 7) is 5.00. The molecule has 4 aromatic rings. The number of aromatic nitrogens is 3. The number of para-hydroxylation sites is 1. The molecule has 1 atom stereocenters. The molecule has 45 heavy (non-hydrogen) atoms. The van der Waals surface area contributed by atoms with E-state index in [1.165, 1.54) is 11.2 Å². The Hall–Kier alpha value is -5.26. The number of carbonyl (C=O) groups excluding carboxylic acids is 4. The second kappa shape index (κ2) is 11.0. The van der Waals surface area contributed by atoms with E-state index in [4.69, 9.17) is 5.73 Å². The summed E-state index contributed by atoms with van der Waals surface area (Å²) in [5.41, 5.74) is 10.6. The van der Waals surface area contributed by atoms with Crippen LogP contribution in [0.3, 0.4) is 0 Å². The SMILES string of the molecule is CC(C)N1CC(C(=O)Nc2ccc(-c3cc(C4CN(C(=O)C5CC5)C4)n4ncnc(N)c34)cc2)C(=O)N(c2ccccc2)C1=O. The number of hydrogen-bond acceptors (Lipinski definition) is 7. The van der Waals surface area contributed by atoms with Crippen LogP contribution in [0.1, 0.15) is 38.3 Å². The largest absolute Gasteiger partial charge is 0.382 e. The van der Waals surface area contributed by atoms with Gasteiger partial charge in [0, 0.05) is 48.8 Å². The maximum Gasteiger partial charge on any atom is 0.331 e. The van der Waals surface area contributed by atoms with Crippen molar-refractivity contribution in [2.45, 2.75) is 38.6 Å². The lowest BCUT2D eigenvalue weighted by Gasteiger charge is -2.39. The molecule has 2 aliphatic heterocycles. The fourth-order valence-corrected chi connectivity index (χ4v) is 6.17. The Kier molecular flexibility index (Phi) is 6.99. The molecule has 2 aromatic carbocycles. The van der Waals surface area contributed by atoms with Gasteiger partial charge < -0.3 is 20.9 Å². The number of amides is 5. The third-order valence-corrected chi connectivity index (χ3v) is 8.90. The molecule has 1 aliphatic carbocycles. The van der Waals surface area contributed by atoms with Gasteiger partial charge in [-0.3, -0.25) is 14.4 Å². The van der Waals surface area contributed by atoms with Gasteiger partial charge in [-0.05, 0) is 62.6 Å². The van der Waals surface area contributed by atoms with E-state index >= 15 is 0 Å². The van der Waals surface area contributed by atoms with Crippen LogP contribution in [0.5, 0.6) is 0 Å². The smallest absolute Gasteiger partial charge is 0.331 e. The average molecular weight is 607 g/mol. The molecule has 12 heteroatoms. The van der Waals surface area contributed by atoms with Gasteiger partial charge in [-0.2, -0.15) is 5.10 Å². The molecule has 2 saturated heterocycles. The average Bonchev–Trinajstić information content (AvgIpc) is 3.79. The van der Waals surface area contributed by atoms with Crippen molar-refractivity contribution in [1.82, 2.24) is 24.4 Å². The number of urea groups is 1. The molecule has 7 rings (SSSR count). The van der Waals surface area contributed by atoms with Crippen molar-refractivity contribution >= 4 is 46.5 Å². The van der Waals surface area contributed by atoms with Gasteiger partial charge >= 0.3 is 6.03 Å². The van der Waals surface area contributed by atoms with Crippen molar-refractivity contribution in [2.75, 3.05) is 35.6 Å². The summed E-state index contributed by atoms with van der Waals surface area (Å²) >= 11 is 0. The molecule has 2 aromatic heterocycles. The van der Waals surface area contributed by atoms with Crippen molar-refractivity contribution in [3.8, 4) is 11.1 Å². The van der Waals surface area contributed by atoms with Gasteiger partial charge in [-0.25, -0.2) is 19.2 Å². The minimum atomic E-state index is -1.08. The molecule has 1 saturated carbocycles. The zero-order chi connectivity index (χ0) is 31.4. The van der Waals surface area contributed by atoms with Crippen LogP contribution < -0.4 is 16.0 Å². The lowest BCUT2D eigenvalue weighted by Crippen LogP contribution is -2.61. The second-order valence-electron chi connectivity index (χ2n) is 12.3. The van der Waals surface area contributed by atoms with E-state index in [0.717, 1.165) is 34.6 Å². The number of fused-ring (bicyclic) bond motifs is 1. The highest BCUT2D eigenvalue weighted by molar-refractivity contribution is 6.23. The molecular weight excluding hydrogens is 572 g/mol. The third-order valence-electron chi connectivity index (χ3n) is 8.90. The number of nitrogen functional groups attached to an aromatic ring is 1. The highest BCUT2D eigenvalue weighted by Crippen LogP contribution is 2.39. The predicted molar refractivity (Wildman–Crippen MR) is 168 cm³/mol. The number of nitrogens with two attached hydrogens (primary N) is 1. The van der Waals surface area contributed by atoms with Crippen LogP contribution in [0.15, 0.2) is 67.0 Å². The molecular formula is C33H34N8O4. The number of nitrogens with zero attached hydrogens (tertiary/aromatic N) is 6. The van der Waals surface area contributed by atoms with Crippen LogP contribution in [0.25, 0.3) is 16.6 Å². The second-order valence-corrected chi connectivity index (χ2v) is 12.3. The molecule has 0 radical (unpaired) electrons. The van der Waals surface area contributed by atoms with Crippen molar-refractivity contribution in [2.24, 2.45) is 11.8 Å². The predicted octanol–water partition coefficient (Wildman–Crippen LogP) is 3.75. The minimum Gasteiger partial charge on any atom is -0.382 e. The molecule has 3 aliphatic rings. The number of imide groups is 1. The van der Waals surface area contributed by atoms with E-state index in [0.29, 0.717) is 35.8 Å². The van der Waals surface area contributed by atoms with E-state index in [2.05, 4.69) is 15.4 Å². The first-order valence-electron chi connectivity index (χ1n) is 15.2. The Morgan fingerprint density at radius 2 is 1.69 bits per heavy atom. The van der Waals surface area contributed by atoms with Crippen molar-refractivity contribution in [3.05, 3.63) is 72.7 Å². The monoisotopic (exact) mass is 606 g/mol. The molecule has 3 fully saturated rings. The molecule has 5 amide bonds. The van der Waals surface area contributed by atoms with Crippen LogP contribution in [0.4, 0.5) is 22.0 Å². The Morgan fingerprint density at radius 3 is 2.36 bits per heavy atom. The standard InChI is InChI=1S/C33H34N8O4/c1-19(2)39-17-26(32(44)40(33(39)45)24-6-4-3-5-7-24)30(42)37-23-12-10-20(11-13-23)25-14-27(41-28(25)29(34)35-18-36-41)22-15-38(16-22)31(43)21-8-9-21/h3-7,10-14,18-19,21-22,26H,8-9,15-17H2,1-2H3,(H,37,42)(H2,34,35,36). The van der Waals surface area contributed by atoms with Crippen LogP contribution in [-0.2, 0) is 14.4 Å². The quantitative estimate of drug-likeness (QED) is 0.305. The molecule has 1 unspecified atom stereocenters. The highest BCUT2D eigenvalue weighted by atomic mass is 16.2. The summed E-state index contributed by atoms with van der Waals surface area (Å²) in [5, 5.41) is 7.35. The van der Waals surface area contributed by atoms with E-state index in [1.807, 2.05) is 41.5 Å². The van der Waals surface area contributed by atoms with Crippen LogP contribution in [0.2, 0.25) is 0 Å². The van der Waals surface area contributed by atoms with E-state index in [1.54, 1.807) is 42.5 Å². The minimum absolute atomic E-state index is 0.00772. The number of benzene rings is 2. The summed E-state index contributed by atoms with van der Waals surface area (Å²) < 4.78 is 1.81. The maximum atomic E-state index is 13.5. The first-order valence-corrected chi connectivity index (χ1v) is 15.2. The summed E-state index contributed by atoms with van der Waals surface area (Å²) in [6.07, 6.45) is 3.40. The lowest BCUT2D eigenvalue weighted by molar-refractivity contribution is -0.137. The number of rotatable bonds is 7. The highest BCUT2D eigenvalue weighted by Gasteiger charge is 2.44. The van der Waals surface area contributed by atoms with Gasteiger partial charge in [0.1, 0.15) is 17.8 Å². The van der Waals surface area contributed by atoms with Gasteiger partial charge in [0.2, 0.25) is 17.7 Å². The fourth-order valence-electron chi connectivity index (χ4n) is 6.17. The topological polar surface area (TPSA) is 146 Å². The van der Waals surface area contributed by atoms with Gasteiger partial charge in [-0.1, -0.05) is 30.3 Å². The number of carbonyl (C=O) groups is 4. The Bertz CT molecular complexity index is 1810. The first-order chi connectivity index (χ1) is 21.7. The van der Waals surface area contributed by atoms with Gasteiger partial charge in [0.15, 0.2) is 5.82 Å². The van der Waals surface area contributed by atoms with Crippen LogP contribution >= 0.6 is 0 Å². The zero-order valence-corrected chi connectivity index (χ0v) is 25.1. The zero-order valence-electron chi connectivity index (χ0n) is 25.1. The van der Waals surface area contributed by atoms with Crippen LogP contribution in [-0.4, -0.2) is 73.8 Å². The van der Waals surface area contributed by atoms with Gasteiger partial charge in [-0.15, -0.1) is 0 Å². The molecule has 4 heterocycles. The number of hydrogen-bond donors (Lipinski definition) is 2. The summed E-state index contributed by atoms with van der Waals surface area (Å²) in [5.74, 6) is -1.21. The van der Waals surface area contributed by atoms with Gasteiger partial charge in [0.25, 0.3) is 0 Å². The molecule has 0 bridgehead atoms. The molecule has 230 valence electrons. The Balaban J connectivity index is 1.11. The van der Waals surface area contributed by atoms with Crippen LogP contribution in [0, 0.1) is 11.8 Å². The fraction of sp³-hybridized carbons (Fsp3) is 0.333. The summed E-state index contributed by atoms with van der Waals surface area (Å²) in [6, 6.07) is 17.3. The maximum absolute atomic E-state index is 13.5. The van der Waals surface area contributed by atoms with E-state index < -0.39 is 23.8 Å². The first kappa shape index (κ1) is 28.5. The van der Waals surface area contributed by atoms with Gasteiger partial charge in [0.05, 0.1) is 11.4 Å². The van der Waals surface area contributed by atoms with Crippen molar-refractivity contribution < 1.29 is 19.2 Å². The number of nitrogens with one attached hydrogen (secondary N) is 1.